The number of nitrogens with one attached hydrogen (secondary N) is 1. The predicted octanol–water partition coefficient (Wildman–Crippen LogP) is 3.87. The Balaban J connectivity index is 1.82. The SMILES string of the molecule is Cc1cccc([C@H](CC(=O)Nc2nccs2)n2cccc2)c1. The van der Waals surface area contributed by atoms with Gasteiger partial charge in [0.25, 0.3) is 0 Å². The van der Waals surface area contributed by atoms with Gasteiger partial charge >= 0.3 is 0 Å². The van der Waals surface area contributed by atoms with E-state index < -0.39 is 0 Å². The molecule has 0 unspecified atom stereocenters. The highest BCUT2D eigenvalue weighted by Crippen LogP contribution is 2.24. The molecule has 0 fully saturated rings. The van der Waals surface area contributed by atoms with E-state index in [4.69, 9.17) is 0 Å². The molecule has 3 rings (SSSR count). The first kappa shape index (κ1) is 14.5. The first-order valence-corrected chi connectivity index (χ1v) is 7.99. The van der Waals surface area contributed by atoms with E-state index in [2.05, 4.69) is 40.0 Å². The molecule has 1 amide bonds. The predicted molar refractivity (Wildman–Crippen MR) is 89.1 cm³/mol. The molecule has 0 saturated carbocycles. The number of amides is 1. The molecule has 2 aromatic heterocycles. The fourth-order valence-corrected chi connectivity index (χ4v) is 3.00. The first-order chi connectivity index (χ1) is 10.7. The molecule has 0 aliphatic heterocycles. The first-order valence-electron chi connectivity index (χ1n) is 7.11. The molecule has 1 N–H and O–H groups in total. The monoisotopic (exact) mass is 311 g/mol. The summed E-state index contributed by atoms with van der Waals surface area (Å²) in [4.78, 5) is 16.4. The van der Waals surface area contributed by atoms with E-state index >= 15 is 0 Å². The quantitative estimate of drug-likeness (QED) is 0.777. The largest absolute Gasteiger partial charge is 0.346 e. The van der Waals surface area contributed by atoms with Crippen LogP contribution < -0.4 is 5.32 Å². The third-order valence-corrected chi connectivity index (χ3v) is 4.16. The molecule has 2 heterocycles. The lowest BCUT2D eigenvalue weighted by Gasteiger charge is -2.19. The van der Waals surface area contributed by atoms with Gasteiger partial charge in [0.05, 0.1) is 12.5 Å². The molecule has 0 aliphatic rings. The van der Waals surface area contributed by atoms with Gasteiger partial charge in [-0.25, -0.2) is 4.98 Å². The summed E-state index contributed by atoms with van der Waals surface area (Å²) in [6.45, 7) is 2.06. The van der Waals surface area contributed by atoms with Crippen LogP contribution >= 0.6 is 11.3 Å². The van der Waals surface area contributed by atoms with E-state index in [1.54, 1.807) is 6.20 Å². The van der Waals surface area contributed by atoms with E-state index in [-0.39, 0.29) is 11.9 Å². The van der Waals surface area contributed by atoms with Crippen LogP contribution in [0.5, 0.6) is 0 Å². The maximum absolute atomic E-state index is 12.3. The number of benzene rings is 1. The number of thiazole rings is 1. The molecule has 0 radical (unpaired) electrons. The summed E-state index contributed by atoms with van der Waals surface area (Å²) in [5, 5.41) is 5.34. The Labute approximate surface area is 133 Å². The number of hydrogen-bond acceptors (Lipinski definition) is 3. The minimum atomic E-state index is -0.0323. The van der Waals surface area contributed by atoms with Crippen LogP contribution in [-0.4, -0.2) is 15.5 Å². The highest BCUT2D eigenvalue weighted by Gasteiger charge is 2.18. The second-order valence-electron chi connectivity index (χ2n) is 5.15. The topological polar surface area (TPSA) is 46.9 Å². The standard InChI is InChI=1S/C17H17N3OS/c1-13-5-4-6-14(11-13)15(20-8-2-3-9-20)12-16(21)19-17-18-7-10-22-17/h2-11,15H,12H2,1H3,(H,18,19,21)/t15-/m0/s1. The highest BCUT2D eigenvalue weighted by atomic mass is 32.1. The minimum absolute atomic E-state index is 0.0186. The second-order valence-corrected chi connectivity index (χ2v) is 6.04. The third-order valence-electron chi connectivity index (χ3n) is 3.47. The van der Waals surface area contributed by atoms with Gasteiger partial charge < -0.3 is 9.88 Å². The van der Waals surface area contributed by atoms with Crippen LogP contribution in [0.25, 0.3) is 0 Å². The summed E-state index contributed by atoms with van der Waals surface area (Å²) in [5.74, 6) is -0.0323. The van der Waals surface area contributed by atoms with E-state index in [1.165, 1.54) is 16.9 Å². The summed E-state index contributed by atoms with van der Waals surface area (Å²) in [5.41, 5.74) is 2.32. The molecule has 22 heavy (non-hydrogen) atoms. The average Bonchev–Trinajstić information content (AvgIpc) is 3.18. The Morgan fingerprint density at radius 1 is 1.32 bits per heavy atom. The van der Waals surface area contributed by atoms with Crippen LogP contribution in [0.15, 0.2) is 60.4 Å². The Morgan fingerprint density at radius 2 is 2.14 bits per heavy atom. The molecule has 0 aliphatic carbocycles. The summed E-state index contributed by atoms with van der Waals surface area (Å²) >= 11 is 1.42. The van der Waals surface area contributed by atoms with Crippen LogP contribution in [0.2, 0.25) is 0 Å². The smallest absolute Gasteiger partial charge is 0.228 e. The van der Waals surface area contributed by atoms with Crippen molar-refractivity contribution >= 4 is 22.4 Å². The van der Waals surface area contributed by atoms with Crippen molar-refractivity contribution in [3.8, 4) is 0 Å². The average molecular weight is 311 g/mol. The van der Waals surface area contributed by atoms with Crippen molar-refractivity contribution in [2.45, 2.75) is 19.4 Å². The summed E-state index contributed by atoms with van der Waals surface area (Å²) in [7, 11) is 0. The van der Waals surface area contributed by atoms with Gasteiger partial charge in [-0.3, -0.25) is 4.79 Å². The number of carbonyl (C=O) groups is 1. The number of carbonyl (C=O) groups excluding carboxylic acids is 1. The Bertz CT molecular complexity index is 735. The fourth-order valence-electron chi connectivity index (χ4n) is 2.46. The number of hydrogen-bond donors (Lipinski definition) is 1. The maximum Gasteiger partial charge on any atom is 0.228 e. The zero-order valence-electron chi connectivity index (χ0n) is 12.3. The van der Waals surface area contributed by atoms with Crippen molar-refractivity contribution < 1.29 is 4.79 Å². The highest BCUT2D eigenvalue weighted by molar-refractivity contribution is 7.13. The lowest BCUT2D eigenvalue weighted by atomic mass is 10.0. The van der Waals surface area contributed by atoms with E-state index in [0.717, 1.165) is 5.56 Å². The van der Waals surface area contributed by atoms with Crippen molar-refractivity contribution in [1.29, 1.82) is 0 Å². The van der Waals surface area contributed by atoms with Crippen molar-refractivity contribution in [3.63, 3.8) is 0 Å². The van der Waals surface area contributed by atoms with Crippen molar-refractivity contribution in [3.05, 3.63) is 71.5 Å². The van der Waals surface area contributed by atoms with Gasteiger partial charge in [0, 0.05) is 24.0 Å². The van der Waals surface area contributed by atoms with Gasteiger partial charge in [-0.15, -0.1) is 11.3 Å². The summed E-state index contributed by atoms with van der Waals surface area (Å²) in [6.07, 6.45) is 6.04. The number of aryl methyl sites for hydroxylation is 1. The molecule has 4 nitrogen and oxygen atoms in total. The summed E-state index contributed by atoms with van der Waals surface area (Å²) in [6, 6.07) is 12.2. The van der Waals surface area contributed by atoms with Gasteiger partial charge in [-0.05, 0) is 24.6 Å². The zero-order chi connectivity index (χ0) is 15.4. The van der Waals surface area contributed by atoms with Crippen molar-refractivity contribution in [2.24, 2.45) is 0 Å². The van der Waals surface area contributed by atoms with Crippen LogP contribution in [0, 0.1) is 6.92 Å². The van der Waals surface area contributed by atoms with Crippen molar-refractivity contribution in [1.82, 2.24) is 9.55 Å². The Hall–Kier alpha value is -2.40. The molecule has 1 aromatic carbocycles. The molecule has 112 valence electrons. The lowest BCUT2D eigenvalue weighted by molar-refractivity contribution is -0.116. The van der Waals surface area contributed by atoms with Gasteiger partial charge in [-0.2, -0.15) is 0 Å². The maximum atomic E-state index is 12.3. The van der Waals surface area contributed by atoms with E-state index in [9.17, 15) is 4.79 Å². The molecule has 3 aromatic rings. The van der Waals surface area contributed by atoms with Crippen molar-refractivity contribution in [2.75, 3.05) is 5.32 Å². The number of anilines is 1. The van der Waals surface area contributed by atoms with Crippen LogP contribution in [0.4, 0.5) is 5.13 Å². The van der Waals surface area contributed by atoms with Crippen LogP contribution in [0.3, 0.4) is 0 Å². The molecular formula is C17H17N3OS. The van der Waals surface area contributed by atoms with Gasteiger partial charge in [0.1, 0.15) is 0 Å². The Morgan fingerprint density at radius 3 is 2.82 bits per heavy atom. The number of rotatable bonds is 5. The number of aromatic nitrogens is 2. The molecule has 0 spiro atoms. The van der Waals surface area contributed by atoms with E-state index in [0.29, 0.717) is 11.6 Å². The minimum Gasteiger partial charge on any atom is -0.346 e. The normalized spacial score (nSPS) is 12.0. The van der Waals surface area contributed by atoms with Crippen LogP contribution in [-0.2, 0) is 4.79 Å². The molecule has 1 atom stereocenters. The fraction of sp³-hybridized carbons (Fsp3) is 0.176. The molecule has 5 heteroatoms. The molecular weight excluding hydrogens is 294 g/mol. The van der Waals surface area contributed by atoms with Gasteiger partial charge in [0.2, 0.25) is 5.91 Å². The lowest BCUT2D eigenvalue weighted by Crippen LogP contribution is -2.19. The number of nitrogens with zero attached hydrogens (tertiary/aromatic N) is 2. The van der Waals surface area contributed by atoms with Gasteiger partial charge in [0.15, 0.2) is 5.13 Å². The second kappa shape index (κ2) is 6.58. The Kier molecular flexibility index (Phi) is 4.34. The molecule has 0 saturated heterocycles. The summed E-state index contributed by atoms with van der Waals surface area (Å²) < 4.78 is 2.07. The van der Waals surface area contributed by atoms with Crippen LogP contribution in [0.1, 0.15) is 23.6 Å². The zero-order valence-corrected chi connectivity index (χ0v) is 13.1. The third kappa shape index (κ3) is 3.43. The molecule has 0 bridgehead atoms. The van der Waals surface area contributed by atoms with Gasteiger partial charge in [-0.1, -0.05) is 29.8 Å². The van der Waals surface area contributed by atoms with E-state index in [1.807, 2.05) is 36.0 Å².